The third-order valence-corrected chi connectivity index (χ3v) is 6.20. The van der Waals surface area contributed by atoms with Crippen molar-refractivity contribution in [3.8, 4) is 0 Å². The van der Waals surface area contributed by atoms with Crippen molar-refractivity contribution in [2.24, 2.45) is 4.99 Å². The van der Waals surface area contributed by atoms with Gasteiger partial charge in [-0.15, -0.1) is 11.3 Å². The topological polar surface area (TPSA) is 69.5 Å². The number of piperazine rings is 1. The van der Waals surface area contributed by atoms with Gasteiger partial charge in [0.1, 0.15) is 5.82 Å². The number of hydrogen-bond acceptors (Lipinski definition) is 7. The van der Waals surface area contributed by atoms with Crippen LogP contribution >= 0.6 is 22.9 Å². The number of nitrogens with one attached hydrogen (secondary N) is 1. The molecule has 0 atom stereocenters. The zero-order valence-electron chi connectivity index (χ0n) is 15.9. The summed E-state index contributed by atoms with van der Waals surface area (Å²) in [4.78, 5) is 19.9. The minimum absolute atomic E-state index is 0.691. The molecule has 0 radical (unpaired) electrons. The van der Waals surface area contributed by atoms with Crippen molar-refractivity contribution in [1.82, 2.24) is 24.6 Å². The van der Waals surface area contributed by atoms with E-state index in [1.54, 1.807) is 11.3 Å². The van der Waals surface area contributed by atoms with Gasteiger partial charge in [0.15, 0.2) is 5.96 Å². The summed E-state index contributed by atoms with van der Waals surface area (Å²) in [5.41, 5.74) is 1.10. The van der Waals surface area contributed by atoms with Crippen molar-refractivity contribution >= 4 is 34.0 Å². The highest BCUT2D eigenvalue weighted by molar-refractivity contribution is 7.11. The van der Waals surface area contributed by atoms with Crippen LogP contribution in [0.25, 0.3) is 0 Å². The Bertz CT molecular complexity index is 744. The van der Waals surface area contributed by atoms with Crippen molar-refractivity contribution in [2.45, 2.75) is 40.7 Å². The number of nitrogens with zero attached hydrogens (tertiary/aromatic N) is 6. The molecule has 26 heavy (non-hydrogen) atoms. The smallest absolute Gasteiger partial charge is 0.205 e. The monoisotopic (exact) mass is 393 g/mol. The van der Waals surface area contributed by atoms with Crippen molar-refractivity contribution in [3.63, 3.8) is 0 Å². The third kappa shape index (κ3) is 4.50. The fraction of sp³-hybridized carbons (Fsp3) is 0.647. The Morgan fingerprint density at radius 1 is 1.15 bits per heavy atom. The second-order valence-electron chi connectivity index (χ2n) is 6.23. The molecule has 1 aliphatic rings. The maximum atomic E-state index is 4.85. The van der Waals surface area contributed by atoms with Crippen LogP contribution in [0.3, 0.4) is 0 Å². The van der Waals surface area contributed by atoms with Gasteiger partial charge < -0.3 is 15.1 Å². The van der Waals surface area contributed by atoms with E-state index in [-0.39, 0.29) is 0 Å². The lowest BCUT2D eigenvalue weighted by Gasteiger charge is -2.36. The Labute approximate surface area is 163 Å². The van der Waals surface area contributed by atoms with Crippen molar-refractivity contribution < 1.29 is 0 Å². The Morgan fingerprint density at radius 2 is 1.92 bits per heavy atom. The van der Waals surface area contributed by atoms with Crippen LogP contribution in [0.2, 0.25) is 0 Å². The molecule has 0 bridgehead atoms. The average Bonchev–Trinajstić information content (AvgIpc) is 3.25. The first kappa shape index (κ1) is 19.0. The summed E-state index contributed by atoms with van der Waals surface area (Å²) in [6, 6.07) is 0. The summed E-state index contributed by atoms with van der Waals surface area (Å²) >= 11 is 3.24. The fourth-order valence-electron chi connectivity index (χ4n) is 2.92. The fourth-order valence-corrected chi connectivity index (χ4v) is 4.58. The molecule has 3 heterocycles. The molecule has 1 aliphatic heterocycles. The molecular weight excluding hydrogens is 366 g/mol. The van der Waals surface area contributed by atoms with Gasteiger partial charge in [-0.1, -0.05) is 6.92 Å². The minimum Gasteiger partial charge on any atom is -0.357 e. The van der Waals surface area contributed by atoms with E-state index in [0.29, 0.717) is 6.54 Å². The van der Waals surface area contributed by atoms with Crippen LogP contribution in [-0.2, 0) is 13.0 Å². The van der Waals surface area contributed by atoms with Gasteiger partial charge in [-0.05, 0) is 20.8 Å². The molecule has 7 nitrogen and oxygen atoms in total. The molecule has 1 N–H and O–H groups in total. The van der Waals surface area contributed by atoms with E-state index in [9.17, 15) is 0 Å². The standard InChI is InChI=1S/C17H27N7S2/c1-5-15-21-17(26-22-15)24-9-7-23(8-10-24)16(18-6-2)19-11-14-12(3)20-13(4)25-14/h5-11H2,1-4H3,(H,18,19). The molecule has 0 spiro atoms. The first-order valence-electron chi connectivity index (χ1n) is 9.14. The van der Waals surface area contributed by atoms with E-state index < -0.39 is 0 Å². The number of anilines is 1. The predicted octanol–water partition coefficient (Wildman–Crippen LogP) is 2.46. The largest absolute Gasteiger partial charge is 0.357 e. The lowest BCUT2D eigenvalue weighted by atomic mass is 10.3. The Hall–Kier alpha value is -1.74. The molecule has 3 rings (SSSR count). The molecule has 2 aromatic heterocycles. The second kappa shape index (κ2) is 8.77. The number of aliphatic imine (C=N–C) groups is 1. The molecule has 9 heteroatoms. The number of thiazole rings is 1. The summed E-state index contributed by atoms with van der Waals surface area (Å²) in [5.74, 6) is 1.93. The lowest BCUT2D eigenvalue weighted by Crippen LogP contribution is -2.52. The highest BCUT2D eigenvalue weighted by atomic mass is 32.1. The van der Waals surface area contributed by atoms with Crippen molar-refractivity contribution in [2.75, 3.05) is 37.6 Å². The molecule has 0 saturated carbocycles. The van der Waals surface area contributed by atoms with E-state index >= 15 is 0 Å². The van der Waals surface area contributed by atoms with Crippen LogP contribution in [0.4, 0.5) is 5.13 Å². The number of rotatable bonds is 5. The molecule has 1 fully saturated rings. The second-order valence-corrected chi connectivity index (χ2v) is 8.25. The molecule has 0 aromatic carbocycles. The summed E-state index contributed by atoms with van der Waals surface area (Å²) in [6.45, 7) is 13.6. The average molecular weight is 394 g/mol. The van der Waals surface area contributed by atoms with E-state index in [0.717, 1.165) is 66.8 Å². The Kier molecular flexibility index (Phi) is 6.42. The number of guanidine groups is 1. The van der Waals surface area contributed by atoms with Gasteiger partial charge in [0.25, 0.3) is 0 Å². The first-order valence-corrected chi connectivity index (χ1v) is 10.7. The minimum atomic E-state index is 0.691. The van der Waals surface area contributed by atoms with Crippen LogP contribution in [0.1, 0.15) is 35.3 Å². The van der Waals surface area contributed by atoms with Crippen LogP contribution in [0.15, 0.2) is 4.99 Å². The van der Waals surface area contributed by atoms with Gasteiger partial charge in [0.2, 0.25) is 5.13 Å². The zero-order valence-corrected chi connectivity index (χ0v) is 17.6. The lowest BCUT2D eigenvalue weighted by molar-refractivity contribution is 0.372. The molecule has 0 amide bonds. The van der Waals surface area contributed by atoms with Crippen molar-refractivity contribution in [1.29, 1.82) is 0 Å². The maximum absolute atomic E-state index is 4.85. The molecular formula is C17H27N7S2. The number of hydrogen-bond donors (Lipinski definition) is 1. The molecule has 0 unspecified atom stereocenters. The summed E-state index contributed by atoms with van der Waals surface area (Å²) in [7, 11) is 0. The van der Waals surface area contributed by atoms with Crippen LogP contribution in [0, 0.1) is 13.8 Å². The highest BCUT2D eigenvalue weighted by Crippen LogP contribution is 2.20. The van der Waals surface area contributed by atoms with Crippen LogP contribution in [0.5, 0.6) is 0 Å². The molecule has 2 aromatic rings. The van der Waals surface area contributed by atoms with Crippen LogP contribution < -0.4 is 10.2 Å². The van der Waals surface area contributed by atoms with Crippen molar-refractivity contribution in [3.05, 3.63) is 21.4 Å². The van der Waals surface area contributed by atoms with Gasteiger partial charge in [-0.2, -0.15) is 4.37 Å². The first-order chi connectivity index (χ1) is 12.6. The molecule has 1 saturated heterocycles. The normalized spacial score (nSPS) is 15.6. The zero-order chi connectivity index (χ0) is 18.5. The molecule has 142 valence electrons. The number of aryl methyl sites for hydroxylation is 3. The van der Waals surface area contributed by atoms with E-state index in [1.165, 1.54) is 16.4 Å². The molecule has 0 aliphatic carbocycles. The summed E-state index contributed by atoms with van der Waals surface area (Å²) in [5, 5.41) is 5.58. The van der Waals surface area contributed by atoms with Crippen LogP contribution in [-0.4, -0.2) is 57.9 Å². The van der Waals surface area contributed by atoms with Gasteiger partial charge in [-0.3, -0.25) is 0 Å². The Balaban J connectivity index is 1.62. The highest BCUT2D eigenvalue weighted by Gasteiger charge is 2.22. The summed E-state index contributed by atoms with van der Waals surface area (Å²) < 4.78 is 4.40. The van der Waals surface area contributed by atoms with Gasteiger partial charge in [0.05, 0.1) is 17.2 Å². The van der Waals surface area contributed by atoms with E-state index in [2.05, 4.69) is 50.2 Å². The predicted molar refractivity (Wildman–Crippen MR) is 109 cm³/mol. The Morgan fingerprint density at radius 3 is 2.50 bits per heavy atom. The maximum Gasteiger partial charge on any atom is 0.205 e. The summed E-state index contributed by atoms with van der Waals surface area (Å²) in [6.07, 6.45) is 0.893. The van der Waals surface area contributed by atoms with E-state index in [1.807, 2.05) is 6.92 Å². The van der Waals surface area contributed by atoms with E-state index in [4.69, 9.17) is 4.99 Å². The van der Waals surface area contributed by atoms with Gasteiger partial charge >= 0.3 is 0 Å². The van der Waals surface area contributed by atoms with Gasteiger partial charge in [-0.25, -0.2) is 15.0 Å². The number of aromatic nitrogens is 3. The third-order valence-electron chi connectivity index (χ3n) is 4.33. The van der Waals surface area contributed by atoms with Gasteiger partial charge in [0, 0.05) is 55.6 Å². The quantitative estimate of drug-likeness (QED) is 0.622. The SMILES string of the molecule is CCNC(=NCc1sc(C)nc1C)N1CCN(c2nc(CC)ns2)CC1.